The second-order valence-corrected chi connectivity index (χ2v) is 10.2. The Labute approximate surface area is 225 Å². The van der Waals surface area contributed by atoms with Crippen molar-refractivity contribution >= 4 is 21.8 Å². The van der Waals surface area contributed by atoms with Crippen LogP contribution >= 0.6 is 0 Å². The Balaban J connectivity index is 1.26. The molecule has 1 N–H and O–H groups in total. The number of hydrogen-bond acceptors (Lipinski definition) is 5. The van der Waals surface area contributed by atoms with Crippen LogP contribution in [0.5, 0.6) is 0 Å². The molecule has 8 heteroatoms. The first-order valence-corrected chi connectivity index (χ1v) is 13.5. The maximum Gasteiger partial charge on any atom is 0.326 e. The lowest BCUT2D eigenvalue weighted by Gasteiger charge is -2.37. The van der Waals surface area contributed by atoms with Crippen molar-refractivity contribution in [1.29, 1.82) is 0 Å². The van der Waals surface area contributed by atoms with Crippen LogP contribution in [0.25, 0.3) is 21.8 Å². The van der Waals surface area contributed by atoms with Crippen LogP contribution in [0, 0.1) is 0 Å². The number of aromatic nitrogens is 6. The topological polar surface area (TPSA) is 84.6 Å². The number of likely N-dealkylation sites (tertiary alicyclic amines) is 1. The number of imidazole rings is 1. The lowest BCUT2D eigenvalue weighted by atomic mass is 9.94. The Kier molecular flexibility index (Phi) is 6.01. The van der Waals surface area contributed by atoms with Crippen molar-refractivity contribution in [3.05, 3.63) is 124 Å². The summed E-state index contributed by atoms with van der Waals surface area (Å²) in [5.41, 5.74) is 4.17. The number of rotatable bonds is 6. The first kappa shape index (κ1) is 23.5. The van der Waals surface area contributed by atoms with E-state index in [9.17, 15) is 4.79 Å². The molecule has 1 atom stereocenters. The molecule has 0 radical (unpaired) electrons. The van der Waals surface area contributed by atoms with E-state index in [0.717, 1.165) is 48.4 Å². The molecular formula is C31H29N7O. The summed E-state index contributed by atoms with van der Waals surface area (Å²) in [6.45, 7) is 2.25. The van der Waals surface area contributed by atoms with Crippen molar-refractivity contribution in [2.24, 2.45) is 0 Å². The maximum absolute atomic E-state index is 12.9. The van der Waals surface area contributed by atoms with Crippen LogP contribution in [0.15, 0.2) is 102 Å². The molecule has 1 saturated heterocycles. The van der Waals surface area contributed by atoms with Crippen molar-refractivity contribution in [1.82, 2.24) is 34.7 Å². The number of aromatic amines is 1. The number of para-hydroxylation sites is 2. The van der Waals surface area contributed by atoms with Gasteiger partial charge in [-0.25, -0.2) is 9.48 Å². The predicted molar refractivity (Wildman–Crippen MR) is 152 cm³/mol. The van der Waals surface area contributed by atoms with Gasteiger partial charge >= 0.3 is 5.69 Å². The SMILES string of the molecule is O=c1[nH]c2ccccc2n1C1CCN(C(c2cccc3ccccc23)c2nnnn2Cc2ccccc2)CC1. The number of nitrogens with one attached hydrogen (secondary N) is 1. The first-order valence-electron chi connectivity index (χ1n) is 13.5. The second kappa shape index (κ2) is 9.96. The minimum Gasteiger partial charge on any atom is -0.306 e. The fourth-order valence-corrected chi connectivity index (χ4v) is 6.10. The van der Waals surface area contributed by atoms with Gasteiger partial charge in [0, 0.05) is 19.1 Å². The van der Waals surface area contributed by atoms with Crippen LogP contribution < -0.4 is 5.69 Å². The molecule has 0 saturated carbocycles. The van der Waals surface area contributed by atoms with Gasteiger partial charge in [-0.3, -0.25) is 9.47 Å². The van der Waals surface area contributed by atoms with Gasteiger partial charge < -0.3 is 4.98 Å². The van der Waals surface area contributed by atoms with Crippen LogP contribution in [0.4, 0.5) is 0 Å². The van der Waals surface area contributed by atoms with Crippen LogP contribution in [-0.2, 0) is 6.54 Å². The molecule has 1 aliphatic rings. The van der Waals surface area contributed by atoms with E-state index in [1.165, 1.54) is 16.3 Å². The summed E-state index contributed by atoms with van der Waals surface area (Å²) >= 11 is 0. The zero-order valence-corrected chi connectivity index (χ0v) is 21.5. The predicted octanol–water partition coefficient (Wildman–Crippen LogP) is 4.94. The van der Waals surface area contributed by atoms with Crippen LogP contribution in [0.3, 0.4) is 0 Å². The van der Waals surface area contributed by atoms with Crippen molar-refractivity contribution in [2.75, 3.05) is 13.1 Å². The van der Waals surface area contributed by atoms with Gasteiger partial charge in [-0.1, -0.05) is 84.9 Å². The third kappa shape index (κ3) is 4.32. The average Bonchev–Trinajstić information content (AvgIpc) is 3.57. The Morgan fingerprint density at radius 3 is 2.46 bits per heavy atom. The highest BCUT2D eigenvalue weighted by molar-refractivity contribution is 5.86. The fourth-order valence-electron chi connectivity index (χ4n) is 6.10. The van der Waals surface area contributed by atoms with E-state index in [1.807, 2.05) is 51.7 Å². The van der Waals surface area contributed by atoms with Gasteiger partial charge in [0.15, 0.2) is 5.82 Å². The molecule has 2 aromatic heterocycles. The largest absolute Gasteiger partial charge is 0.326 e. The number of piperidine rings is 1. The molecule has 0 spiro atoms. The third-order valence-electron chi connectivity index (χ3n) is 7.95. The number of fused-ring (bicyclic) bond motifs is 2. The van der Waals surface area contributed by atoms with Gasteiger partial charge in [0.05, 0.1) is 23.6 Å². The molecule has 0 amide bonds. The quantitative estimate of drug-likeness (QED) is 0.340. The summed E-state index contributed by atoms with van der Waals surface area (Å²) in [5, 5.41) is 15.5. The number of nitrogens with zero attached hydrogens (tertiary/aromatic N) is 6. The first-order chi connectivity index (χ1) is 19.3. The minimum absolute atomic E-state index is 0.0351. The van der Waals surface area contributed by atoms with E-state index in [-0.39, 0.29) is 17.8 Å². The minimum atomic E-state index is -0.115. The highest BCUT2D eigenvalue weighted by Gasteiger charge is 2.33. The standard InChI is InChI=1S/C31H29N7O/c39-31-32-27-15-6-7-16-28(27)38(31)24-17-19-36(20-18-24)29(26-14-8-12-23-11-4-5-13-25(23)26)30-33-34-35-37(30)21-22-9-2-1-3-10-22/h1-16,24,29H,17-21H2,(H,32,39). The Bertz CT molecular complexity index is 1790. The van der Waals surface area contributed by atoms with Gasteiger partial charge in [-0.15, -0.1) is 5.10 Å². The molecule has 8 nitrogen and oxygen atoms in total. The van der Waals surface area contributed by atoms with Gasteiger partial charge in [-0.2, -0.15) is 0 Å². The van der Waals surface area contributed by atoms with E-state index in [2.05, 4.69) is 80.0 Å². The molecule has 7 rings (SSSR count). The van der Waals surface area contributed by atoms with Crippen molar-refractivity contribution in [3.63, 3.8) is 0 Å². The molecule has 194 valence electrons. The Hall–Kier alpha value is -4.56. The molecule has 4 aromatic carbocycles. The smallest absolute Gasteiger partial charge is 0.306 e. The van der Waals surface area contributed by atoms with Crippen LogP contribution in [-0.4, -0.2) is 47.7 Å². The summed E-state index contributed by atoms with van der Waals surface area (Å²) < 4.78 is 3.87. The zero-order valence-electron chi connectivity index (χ0n) is 21.5. The van der Waals surface area contributed by atoms with Gasteiger partial charge in [0.25, 0.3) is 0 Å². The molecule has 6 aromatic rings. The van der Waals surface area contributed by atoms with Crippen molar-refractivity contribution in [2.45, 2.75) is 31.5 Å². The third-order valence-corrected chi connectivity index (χ3v) is 7.95. The normalized spacial score (nSPS) is 15.7. The average molecular weight is 516 g/mol. The molecule has 1 fully saturated rings. The monoisotopic (exact) mass is 515 g/mol. The summed E-state index contributed by atoms with van der Waals surface area (Å²) in [7, 11) is 0. The van der Waals surface area contributed by atoms with E-state index in [0.29, 0.717) is 6.54 Å². The lowest BCUT2D eigenvalue weighted by Crippen LogP contribution is -2.40. The van der Waals surface area contributed by atoms with Gasteiger partial charge in [0.1, 0.15) is 0 Å². The summed E-state index contributed by atoms with van der Waals surface area (Å²) in [6, 6.07) is 33.2. The summed E-state index contributed by atoms with van der Waals surface area (Å²) in [5.74, 6) is 0.831. The van der Waals surface area contributed by atoms with E-state index < -0.39 is 0 Å². The maximum atomic E-state index is 12.9. The Morgan fingerprint density at radius 1 is 0.846 bits per heavy atom. The summed E-state index contributed by atoms with van der Waals surface area (Å²) in [4.78, 5) is 18.4. The second-order valence-electron chi connectivity index (χ2n) is 10.2. The van der Waals surface area contributed by atoms with Gasteiger partial charge in [0.2, 0.25) is 0 Å². The molecule has 39 heavy (non-hydrogen) atoms. The number of hydrogen-bond donors (Lipinski definition) is 1. The van der Waals surface area contributed by atoms with Crippen molar-refractivity contribution in [3.8, 4) is 0 Å². The molecule has 1 aliphatic heterocycles. The Morgan fingerprint density at radius 2 is 1.59 bits per heavy atom. The van der Waals surface area contributed by atoms with Crippen LogP contribution in [0.2, 0.25) is 0 Å². The molecule has 1 unspecified atom stereocenters. The van der Waals surface area contributed by atoms with Crippen LogP contribution in [0.1, 0.15) is 41.9 Å². The van der Waals surface area contributed by atoms with Crippen molar-refractivity contribution < 1.29 is 0 Å². The highest BCUT2D eigenvalue weighted by Crippen LogP contribution is 2.36. The molecule has 3 heterocycles. The zero-order chi connectivity index (χ0) is 26.2. The molecular weight excluding hydrogens is 486 g/mol. The van der Waals surface area contributed by atoms with E-state index >= 15 is 0 Å². The fraction of sp³-hybridized carbons (Fsp3) is 0.226. The number of H-pyrrole nitrogens is 1. The molecule has 0 bridgehead atoms. The highest BCUT2D eigenvalue weighted by atomic mass is 16.1. The molecule has 0 aliphatic carbocycles. The number of tetrazole rings is 1. The van der Waals surface area contributed by atoms with E-state index in [4.69, 9.17) is 0 Å². The van der Waals surface area contributed by atoms with Gasteiger partial charge in [-0.05, 0) is 57.3 Å². The lowest BCUT2D eigenvalue weighted by molar-refractivity contribution is 0.147. The van der Waals surface area contributed by atoms with E-state index in [1.54, 1.807) is 0 Å². The number of benzene rings is 4. The summed E-state index contributed by atoms with van der Waals surface area (Å²) in [6.07, 6.45) is 1.73.